The smallest absolute Gasteiger partial charge is 0.392 e. The molecule has 6 N–H and O–H groups in total. The first-order valence-corrected chi connectivity index (χ1v) is 13.2. The molecule has 0 radical (unpaired) electrons. The largest absolute Gasteiger partial charge is 0.492 e. The lowest BCUT2D eigenvalue weighted by atomic mass is 10.0. The highest BCUT2D eigenvalue weighted by molar-refractivity contribution is 6.56. The molecule has 0 heterocycles. The molecule has 182 valence electrons. The number of aliphatic hydroxyl groups is 3. The number of hydrogen-bond acceptors (Lipinski definition) is 9. The number of hydrogen-bond donors (Lipinski definition) is 6. The van der Waals surface area contributed by atoms with E-state index in [4.69, 9.17) is 23.9 Å². The first-order chi connectivity index (χ1) is 14.1. The van der Waals surface area contributed by atoms with Crippen molar-refractivity contribution in [1.82, 2.24) is 4.90 Å². The van der Waals surface area contributed by atoms with Gasteiger partial charge in [0.2, 0.25) is 0 Å². The number of rotatable bonds is 20. The van der Waals surface area contributed by atoms with Gasteiger partial charge in [-0.05, 0) is 25.7 Å². The van der Waals surface area contributed by atoms with Gasteiger partial charge in [-0.1, -0.05) is 33.1 Å². The highest BCUT2D eigenvalue weighted by atomic mass is 28.4. The van der Waals surface area contributed by atoms with Crippen LogP contribution in [0.1, 0.15) is 52.9 Å². The topological polar surface area (TPSA) is 143 Å². The maximum Gasteiger partial charge on any atom is 0.492 e. The third kappa shape index (κ3) is 18.6. The van der Waals surface area contributed by atoms with E-state index >= 15 is 0 Å². The van der Waals surface area contributed by atoms with E-state index < -0.39 is 27.1 Å². The summed E-state index contributed by atoms with van der Waals surface area (Å²) in [6, 6.07) is -0.110. The first kappa shape index (κ1) is 29.9. The van der Waals surface area contributed by atoms with Crippen molar-refractivity contribution in [2.75, 3.05) is 46.1 Å². The SMILES string of the molecule is CCCCC(CC)COCC(O)CN(CC(C)O)CC(O)COCCC[Si](O)(O)O. The summed E-state index contributed by atoms with van der Waals surface area (Å²) in [6.07, 6.45) is 2.64. The molecule has 0 aromatic rings. The number of nitrogens with zero attached hydrogens (tertiary/aromatic N) is 1. The Morgan fingerprint density at radius 1 is 0.833 bits per heavy atom. The van der Waals surface area contributed by atoms with Gasteiger partial charge >= 0.3 is 8.80 Å². The molecule has 0 spiro atoms. The van der Waals surface area contributed by atoms with Crippen molar-refractivity contribution >= 4 is 8.80 Å². The summed E-state index contributed by atoms with van der Waals surface area (Å²) in [5, 5.41) is 30.2. The third-order valence-electron chi connectivity index (χ3n) is 4.78. The lowest BCUT2D eigenvalue weighted by Gasteiger charge is -2.28. The predicted octanol–water partition coefficient (Wildman–Crippen LogP) is -0.0535. The van der Waals surface area contributed by atoms with Gasteiger partial charge in [0, 0.05) is 38.9 Å². The summed E-state index contributed by atoms with van der Waals surface area (Å²) in [4.78, 5) is 28.6. The number of aliphatic hydroxyl groups excluding tert-OH is 3. The molecule has 0 aromatic carbocycles. The van der Waals surface area contributed by atoms with Gasteiger partial charge in [0.1, 0.15) is 0 Å². The van der Waals surface area contributed by atoms with E-state index in [-0.39, 0.29) is 45.4 Å². The van der Waals surface area contributed by atoms with Crippen molar-refractivity contribution in [2.24, 2.45) is 5.92 Å². The Morgan fingerprint density at radius 3 is 1.93 bits per heavy atom. The average Bonchev–Trinajstić information content (AvgIpc) is 2.62. The zero-order chi connectivity index (χ0) is 23.0. The number of ether oxygens (including phenoxy) is 2. The average molecular weight is 456 g/mol. The zero-order valence-corrected chi connectivity index (χ0v) is 19.9. The monoisotopic (exact) mass is 455 g/mol. The molecule has 0 rings (SSSR count). The van der Waals surface area contributed by atoms with Crippen molar-refractivity contribution in [3.05, 3.63) is 0 Å². The summed E-state index contributed by atoms with van der Waals surface area (Å²) < 4.78 is 11.0. The fourth-order valence-corrected chi connectivity index (χ4v) is 3.82. The van der Waals surface area contributed by atoms with Crippen LogP contribution in [0.15, 0.2) is 0 Å². The minimum atomic E-state index is -4.04. The van der Waals surface area contributed by atoms with E-state index in [0.29, 0.717) is 19.1 Å². The Bertz CT molecular complexity index is 397. The van der Waals surface area contributed by atoms with Crippen LogP contribution in [-0.2, 0) is 9.47 Å². The molecule has 0 bridgehead atoms. The standard InChI is InChI=1S/C20H45NO8Si/c1-4-6-8-18(5-2)14-29-16-20(24)13-21(11-17(3)22)12-19(23)15-28-9-7-10-30(25,26)27/h17-20,22-27H,4-16H2,1-3H3. The highest BCUT2D eigenvalue weighted by Gasteiger charge is 2.25. The van der Waals surface area contributed by atoms with E-state index in [1.165, 1.54) is 6.42 Å². The second kappa shape index (κ2) is 17.4. The van der Waals surface area contributed by atoms with Gasteiger partial charge in [-0.15, -0.1) is 0 Å². The van der Waals surface area contributed by atoms with Gasteiger partial charge in [-0.2, -0.15) is 0 Å². The van der Waals surface area contributed by atoms with Crippen molar-refractivity contribution < 1.29 is 39.2 Å². The second-order valence-corrected chi connectivity index (χ2v) is 10.3. The fourth-order valence-electron chi connectivity index (χ4n) is 3.20. The van der Waals surface area contributed by atoms with E-state index in [2.05, 4.69) is 13.8 Å². The van der Waals surface area contributed by atoms with E-state index in [1.807, 2.05) is 0 Å². The molecule has 0 amide bonds. The Balaban J connectivity index is 4.23. The molecule has 4 atom stereocenters. The summed E-state index contributed by atoms with van der Waals surface area (Å²) in [5.41, 5.74) is 0. The molecule has 9 nitrogen and oxygen atoms in total. The van der Waals surface area contributed by atoms with Crippen molar-refractivity contribution in [3.8, 4) is 0 Å². The molecule has 0 aliphatic carbocycles. The van der Waals surface area contributed by atoms with Gasteiger partial charge in [-0.25, -0.2) is 0 Å². The van der Waals surface area contributed by atoms with E-state index in [0.717, 1.165) is 19.3 Å². The Labute approximate surface area is 182 Å². The molecular weight excluding hydrogens is 410 g/mol. The summed E-state index contributed by atoms with van der Waals surface area (Å²) in [6.45, 7) is 7.80. The highest BCUT2D eigenvalue weighted by Crippen LogP contribution is 2.13. The molecular formula is C20H45NO8Si. The number of unbranched alkanes of at least 4 members (excludes halogenated alkanes) is 1. The Morgan fingerprint density at radius 2 is 1.43 bits per heavy atom. The molecule has 0 aromatic heterocycles. The van der Waals surface area contributed by atoms with Gasteiger partial charge < -0.3 is 39.2 Å². The van der Waals surface area contributed by atoms with E-state index in [9.17, 15) is 15.3 Å². The van der Waals surface area contributed by atoms with Crippen LogP contribution in [0.25, 0.3) is 0 Å². The Hall–Kier alpha value is -0.143. The van der Waals surface area contributed by atoms with Crippen LogP contribution in [0.3, 0.4) is 0 Å². The summed E-state index contributed by atoms with van der Waals surface area (Å²) >= 11 is 0. The van der Waals surface area contributed by atoms with Gasteiger partial charge in [0.25, 0.3) is 0 Å². The van der Waals surface area contributed by atoms with Crippen molar-refractivity contribution in [3.63, 3.8) is 0 Å². The van der Waals surface area contributed by atoms with Gasteiger partial charge in [0.05, 0.1) is 31.5 Å². The van der Waals surface area contributed by atoms with Crippen LogP contribution in [0, 0.1) is 5.92 Å². The Kier molecular flexibility index (Phi) is 17.3. The quantitative estimate of drug-likeness (QED) is 0.110. The maximum absolute atomic E-state index is 10.3. The van der Waals surface area contributed by atoms with Gasteiger partial charge in [0.15, 0.2) is 0 Å². The molecule has 0 saturated heterocycles. The van der Waals surface area contributed by atoms with Crippen LogP contribution < -0.4 is 0 Å². The van der Waals surface area contributed by atoms with Gasteiger partial charge in [-0.3, -0.25) is 4.90 Å². The molecule has 0 saturated carbocycles. The van der Waals surface area contributed by atoms with Crippen molar-refractivity contribution in [2.45, 2.75) is 77.2 Å². The van der Waals surface area contributed by atoms with Crippen LogP contribution in [0.5, 0.6) is 0 Å². The van der Waals surface area contributed by atoms with E-state index in [1.54, 1.807) is 11.8 Å². The molecule has 0 fully saturated rings. The third-order valence-corrected chi connectivity index (χ3v) is 5.80. The first-order valence-electron chi connectivity index (χ1n) is 11.2. The zero-order valence-electron chi connectivity index (χ0n) is 18.9. The van der Waals surface area contributed by atoms with Crippen LogP contribution >= 0.6 is 0 Å². The normalized spacial score (nSPS) is 16.6. The lowest BCUT2D eigenvalue weighted by Crippen LogP contribution is -2.44. The van der Waals surface area contributed by atoms with Crippen LogP contribution in [0.2, 0.25) is 6.04 Å². The minimum absolute atomic E-state index is 0.0371. The summed E-state index contributed by atoms with van der Waals surface area (Å²) in [5.74, 6) is 0.500. The maximum atomic E-state index is 10.3. The van der Waals surface area contributed by atoms with Crippen molar-refractivity contribution in [1.29, 1.82) is 0 Å². The minimum Gasteiger partial charge on any atom is -0.392 e. The molecule has 10 heteroatoms. The molecule has 4 unspecified atom stereocenters. The van der Waals surface area contributed by atoms with Crippen LogP contribution in [-0.4, -0.2) is 108 Å². The molecule has 30 heavy (non-hydrogen) atoms. The lowest BCUT2D eigenvalue weighted by molar-refractivity contribution is -0.0236. The molecule has 0 aliphatic rings. The predicted molar refractivity (Wildman–Crippen MR) is 117 cm³/mol. The summed E-state index contributed by atoms with van der Waals surface area (Å²) in [7, 11) is -4.04. The molecule has 0 aliphatic heterocycles. The fraction of sp³-hybridized carbons (Fsp3) is 1.00. The second-order valence-electron chi connectivity index (χ2n) is 8.28. The van der Waals surface area contributed by atoms with Crippen LogP contribution in [0.4, 0.5) is 0 Å².